The van der Waals surface area contributed by atoms with E-state index in [9.17, 15) is 9.59 Å². The first-order valence-corrected chi connectivity index (χ1v) is 8.94. The summed E-state index contributed by atoms with van der Waals surface area (Å²) in [6.45, 7) is 2.08. The third kappa shape index (κ3) is 8.20. The monoisotopic (exact) mass is 388 g/mol. The van der Waals surface area contributed by atoms with Gasteiger partial charge in [0.2, 0.25) is 0 Å². The molecule has 0 aliphatic rings. The van der Waals surface area contributed by atoms with E-state index in [1.165, 1.54) is 5.56 Å². The van der Waals surface area contributed by atoms with E-state index in [2.05, 4.69) is 6.92 Å². The second kappa shape index (κ2) is 11.7. The van der Waals surface area contributed by atoms with Crippen LogP contribution in [0.5, 0.6) is 5.75 Å². The number of methoxy groups -OCH3 is 1. The van der Waals surface area contributed by atoms with Crippen LogP contribution in [-0.2, 0) is 28.9 Å². The van der Waals surface area contributed by atoms with Crippen LogP contribution in [0.2, 0.25) is 0 Å². The van der Waals surface area contributed by atoms with Gasteiger partial charge in [-0.2, -0.15) is 0 Å². The second-order valence-electron chi connectivity index (χ2n) is 6.32. The van der Waals surface area contributed by atoms with E-state index in [-0.39, 0.29) is 0 Å². The minimum atomic E-state index is -0.985. The summed E-state index contributed by atoms with van der Waals surface area (Å²) in [6, 6.07) is 13.4. The molecule has 0 bridgehead atoms. The summed E-state index contributed by atoms with van der Waals surface area (Å²) in [5.74, 6) is -1.19. The van der Waals surface area contributed by atoms with Crippen LogP contribution in [0, 0.1) is 0 Å². The average Bonchev–Trinajstić information content (AvgIpc) is 2.69. The van der Waals surface area contributed by atoms with Crippen LogP contribution in [-0.4, -0.2) is 41.3 Å². The quantitative estimate of drug-likeness (QED) is 0.542. The van der Waals surface area contributed by atoms with Crippen LogP contribution >= 0.6 is 0 Å². The Labute approximate surface area is 164 Å². The molecule has 6 N–H and O–H groups in total. The number of hydrogen-bond acceptors (Lipinski definition) is 5. The molecule has 2 aromatic rings. The number of rotatable bonds is 8. The van der Waals surface area contributed by atoms with Crippen molar-refractivity contribution in [2.24, 2.45) is 11.5 Å². The van der Waals surface area contributed by atoms with Crippen molar-refractivity contribution in [2.75, 3.05) is 7.11 Å². The predicted molar refractivity (Wildman–Crippen MR) is 107 cm³/mol. The van der Waals surface area contributed by atoms with Gasteiger partial charge in [0.25, 0.3) is 0 Å². The van der Waals surface area contributed by atoms with E-state index in [1.54, 1.807) is 19.2 Å². The zero-order chi connectivity index (χ0) is 21.1. The average molecular weight is 388 g/mol. The van der Waals surface area contributed by atoms with E-state index in [4.69, 9.17) is 26.4 Å². The Hall–Kier alpha value is -2.90. The normalized spacial score (nSPS) is 12.3. The lowest BCUT2D eigenvalue weighted by atomic mass is 10.0. The molecule has 0 fully saturated rings. The van der Waals surface area contributed by atoms with Gasteiger partial charge in [-0.3, -0.25) is 9.59 Å². The van der Waals surface area contributed by atoms with Gasteiger partial charge in [0, 0.05) is 0 Å². The highest BCUT2D eigenvalue weighted by atomic mass is 16.5. The summed E-state index contributed by atoms with van der Waals surface area (Å²) in [7, 11) is 1.58. The third-order valence-corrected chi connectivity index (χ3v) is 4.14. The molecule has 2 aromatic carbocycles. The van der Waals surface area contributed by atoms with Crippen LogP contribution < -0.4 is 16.2 Å². The van der Waals surface area contributed by atoms with Crippen molar-refractivity contribution in [3.05, 3.63) is 65.2 Å². The molecule has 0 saturated carbocycles. The first kappa shape index (κ1) is 23.1. The third-order valence-electron chi connectivity index (χ3n) is 4.14. The lowest BCUT2D eigenvalue weighted by molar-refractivity contribution is -0.139. The van der Waals surface area contributed by atoms with Gasteiger partial charge in [0.05, 0.1) is 7.11 Å². The molecule has 28 heavy (non-hydrogen) atoms. The number of hydrogen-bond donors (Lipinski definition) is 4. The lowest BCUT2D eigenvalue weighted by Crippen LogP contribution is -2.32. The molecular weight excluding hydrogens is 360 g/mol. The Morgan fingerprint density at radius 3 is 1.50 bits per heavy atom. The van der Waals surface area contributed by atoms with E-state index in [0.717, 1.165) is 23.3 Å². The van der Waals surface area contributed by atoms with Crippen molar-refractivity contribution in [1.29, 1.82) is 0 Å². The van der Waals surface area contributed by atoms with Gasteiger partial charge in [-0.05, 0) is 48.1 Å². The maximum atomic E-state index is 10.5. The molecule has 0 unspecified atom stereocenters. The van der Waals surface area contributed by atoms with Crippen molar-refractivity contribution in [2.45, 2.75) is 38.3 Å². The van der Waals surface area contributed by atoms with Gasteiger partial charge in [0.15, 0.2) is 0 Å². The largest absolute Gasteiger partial charge is 0.497 e. The molecule has 0 aliphatic carbocycles. The summed E-state index contributed by atoms with van der Waals surface area (Å²) in [5.41, 5.74) is 13.9. The van der Waals surface area contributed by atoms with Gasteiger partial charge >= 0.3 is 11.9 Å². The molecule has 2 rings (SSSR count). The number of benzene rings is 2. The Morgan fingerprint density at radius 1 is 0.821 bits per heavy atom. The molecule has 7 heteroatoms. The minimum absolute atomic E-state index is 0.333. The topological polar surface area (TPSA) is 136 Å². The van der Waals surface area contributed by atoms with Gasteiger partial charge in [-0.1, -0.05) is 43.3 Å². The highest BCUT2D eigenvalue weighted by molar-refractivity contribution is 5.73. The van der Waals surface area contributed by atoms with Crippen LogP contribution in [0.25, 0.3) is 0 Å². The molecule has 0 saturated heterocycles. The molecule has 0 aliphatic heterocycles. The maximum absolute atomic E-state index is 10.5. The summed E-state index contributed by atoms with van der Waals surface area (Å²) in [6.07, 6.45) is 1.71. The van der Waals surface area contributed by atoms with Crippen LogP contribution in [0.4, 0.5) is 0 Å². The van der Waals surface area contributed by atoms with E-state index < -0.39 is 24.0 Å². The molecule has 7 nitrogen and oxygen atoms in total. The van der Waals surface area contributed by atoms with Crippen molar-refractivity contribution in [3.63, 3.8) is 0 Å². The van der Waals surface area contributed by atoms with E-state index >= 15 is 0 Å². The van der Waals surface area contributed by atoms with Crippen LogP contribution in [0.1, 0.15) is 23.6 Å². The molecule has 152 valence electrons. The predicted octanol–water partition coefficient (Wildman–Crippen LogP) is 1.85. The van der Waals surface area contributed by atoms with E-state index in [1.807, 2.05) is 36.4 Å². The van der Waals surface area contributed by atoms with Crippen molar-refractivity contribution in [1.82, 2.24) is 0 Å². The number of carbonyl (C=O) groups is 2. The molecule has 0 radical (unpaired) electrons. The van der Waals surface area contributed by atoms with Crippen molar-refractivity contribution < 1.29 is 24.5 Å². The second-order valence-corrected chi connectivity index (χ2v) is 6.32. The summed E-state index contributed by atoms with van der Waals surface area (Å²) in [5, 5.41) is 17.2. The number of carboxylic acids is 2. The maximum Gasteiger partial charge on any atom is 0.320 e. The van der Waals surface area contributed by atoms with Gasteiger partial charge in [-0.25, -0.2) is 0 Å². The fourth-order valence-corrected chi connectivity index (χ4v) is 2.36. The molecule has 0 spiro atoms. The van der Waals surface area contributed by atoms with Crippen LogP contribution in [0.3, 0.4) is 0 Å². The molecule has 0 heterocycles. The Morgan fingerprint density at radius 2 is 1.18 bits per heavy atom. The smallest absolute Gasteiger partial charge is 0.320 e. The number of ether oxygens (including phenoxy) is 1. The minimum Gasteiger partial charge on any atom is -0.497 e. The van der Waals surface area contributed by atoms with Crippen LogP contribution in [0.15, 0.2) is 48.5 Å². The van der Waals surface area contributed by atoms with Gasteiger partial charge in [-0.15, -0.1) is 0 Å². The summed E-state index contributed by atoms with van der Waals surface area (Å²) >= 11 is 0. The fraction of sp³-hybridized carbons (Fsp3) is 0.333. The number of aryl methyl sites for hydroxylation is 1. The Kier molecular flexibility index (Phi) is 9.70. The molecule has 0 amide bonds. The Balaban J connectivity index is 0.000000280. The first-order valence-electron chi connectivity index (χ1n) is 8.94. The fourth-order valence-electron chi connectivity index (χ4n) is 2.36. The molecule has 0 aromatic heterocycles. The number of aliphatic carboxylic acids is 2. The zero-order valence-electron chi connectivity index (χ0n) is 16.2. The van der Waals surface area contributed by atoms with E-state index in [0.29, 0.717) is 12.8 Å². The Bertz CT molecular complexity index is 679. The molecule has 2 atom stereocenters. The van der Waals surface area contributed by atoms with Crippen molar-refractivity contribution in [3.8, 4) is 5.75 Å². The van der Waals surface area contributed by atoms with Gasteiger partial charge < -0.3 is 26.4 Å². The first-order chi connectivity index (χ1) is 13.3. The highest BCUT2D eigenvalue weighted by Crippen LogP contribution is 2.12. The molecular formula is C21H28N2O5. The number of carboxylic acid groups (broad SMARTS) is 2. The van der Waals surface area contributed by atoms with Crippen molar-refractivity contribution >= 4 is 11.9 Å². The standard InChI is InChI=1S/C11H15NO2.C10H13NO3/c1-2-8-3-5-9(6-4-8)7-10(12)11(13)14;1-14-8-4-2-7(3-5-8)6-9(11)10(12)13/h3-6,10H,2,7,12H2,1H3,(H,13,14);2-5,9H,6,11H2,1H3,(H,12,13)/t10-;9-/m00/s1. The lowest BCUT2D eigenvalue weighted by Gasteiger charge is -2.06. The van der Waals surface area contributed by atoms with Gasteiger partial charge in [0.1, 0.15) is 17.8 Å². The SMILES string of the molecule is CCc1ccc(C[C@H](N)C(=O)O)cc1.COc1ccc(C[C@H](N)C(=O)O)cc1. The number of nitrogens with two attached hydrogens (primary N) is 2. The summed E-state index contributed by atoms with van der Waals surface area (Å²) in [4.78, 5) is 21.0. The summed E-state index contributed by atoms with van der Waals surface area (Å²) < 4.78 is 4.97. The highest BCUT2D eigenvalue weighted by Gasteiger charge is 2.12. The zero-order valence-corrected chi connectivity index (χ0v) is 16.2.